The van der Waals surface area contributed by atoms with E-state index >= 15 is 0 Å². The Hall–Kier alpha value is -1.30. The van der Waals surface area contributed by atoms with Crippen molar-refractivity contribution >= 4 is 17.9 Å². The van der Waals surface area contributed by atoms with Crippen LogP contribution in [0.3, 0.4) is 0 Å². The molecule has 5 nitrogen and oxygen atoms in total. The summed E-state index contributed by atoms with van der Waals surface area (Å²) >= 11 is 1.63. The third-order valence-electron chi connectivity index (χ3n) is 2.97. The maximum Gasteiger partial charge on any atom is 0.410 e. The van der Waals surface area contributed by atoms with Crippen LogP contribution in [0.15, 0.2) is 23.6 Å². The average Bonchev–Trinajstić information content (AvgIpc) is 2.84. The minimum absolute atomic E-state index is 0.209. The van der Waals surface area contributed by atoms with E-state index in [-0.39, 0.29) is 12.1 Å². The van der Waals surface area contributed by atoms with E-state index in [9.17, 15) is 4.79 Å². The highest BCUT2D eigenvalue weighted by atomic mass is 32.2. The summed E-state index contributed by atoms with van der Waals surface area (Å²) in [6.45, 7) is 6.46. The van der Waals surface area contributed by atoms with Gasteiger partial charge in [-0.15, -0.1) is 11.8 Å². The van der Waals surface area contributed by atoms with Crippen LogP contribution in [0.2, 0.25) is 0 Å². The Morgan fingerprint density at radius 3 is 2.95 bits per heavy atom. The number of hydrogen-bond acceptors (Lipinski definition) is 5. The van der Waals surface area contributed by atoms with Crippen LogP contribution >= 0.6 is 11.8 Å². The molecule has 110 valence electrons. The molecule has 1 saturated heterocycles. The molecule has 2 rings (SSSR count). The molecular formula is C14H21N3O2S. The molecule has 20 heavy (non-hydrogen) atoms. The van der Waals surface area contributed by atoms with E-state index < -0.39 is 5.60 Å². The number of thioether (sulfide) groups is 1. The van der Waals surface area contributed by atoms with Gasteiger partial charge in [0.1, 0.15) is 10.6 Å². The molecular weight excluding hydrogens is 274 g/mol. The first-order valence-corrected chi connectivity index (χ1v) is 7.83. The van der Waals surface area contributed by atoms with E-state index in [2.05, 4.69) is 9.97 Å². The van der Waals surface area contributed by atoms with Crippen molar-refractivity contribution in [2.24, 2.45) is 0 Å². The molecule has 0 bridgehead atoms. The lowest BCUT2D eigenvalue weighted by Gasteiger charge is -2.28. The summed E-state index contributed by atoms with van der Waals surface area (Å²) < 4.78 is 5.45. The molecule has 1 amide bonds. The van der Waals surface area contributed by atoms with Crippen molar-refractivity contribution in [2.75, 3.05) is 12.3 Å². The predicted octanol–water partition coefficient (Wildman–Crippen LogP) is 2.97. The number of carbonyl (C=O) groups excluding carboxylic acids is 1. The van der Waals surface area contributed by atoms with Crippen LogP contribution < -0.4 is 0 Å². The monoisotopic (exact) mass is 295 g/mol. The third-order valence-corrected chi connectivity index (χ3v) is 4.03. The van der Waals surface area contributed by atoms with Crippen molar-refractivity contribution in [3.63, 3.8) is 0 Å². The average molecular weight is 295 g/mol. The first-order valence-electron chi connectivity index (χ1n) is 6.84. The van der Waals surface area contributed by atoms with Gasteiger partial charge in [0.15, 0.2) is 0 Å². The largest absolute Gasteiger partial charge is 0.444 e. The van der Waals surface area contributed by atoms with Gasteiger partial charge in [-0.1, -0.05) is 0 Å². The van der Waals surface area contributed by atoms with Crippen molar-refractivity contribution in [3.05, 3.63) is 18.6 Å². The van der Waals surface area contributed by atoms with Gasteiger partial charge in [-0.3, -0.25) is 4.98 Å². The molecule has 2 heterocycles. The number of amides is 1. The number of hydrogen-bond donors (Lipinski definition) is 0. The number of ether oxygens (including phenoxy) is 1. The highest BCUT2D eigenvalue weighted by molar-refractivity contribution is 7.99. The number of rotatable bonds is 3. The molecule has 1 fully saturated rings. The lowest BCUT2D eigenvalue weighted by molar-refractivity contribution is 0.0242. The van der Waals surface area contributed by atoms with Crippen LogP contribution in [0.4, 0.5) is 4.79 Å². The smallest absolute Gasteiger partial charge is 0.410 e. The van der Waals surface area contributed by atoms with Gasteiger partial charge < -0.3 is 9.64 Å². The summed E-state index contributed by atoms with van der Waals surface area (Å²) in [6.07, 6.45) is 6.93. The Bertz CT molecular complexity index is 447. The SMILES string of the molecule is CC(C)(C)OC(=O)N1CCC[C@@H]1CSc1cnccn1. The van der Waals surface area contributed by atoms with E-state index in [0.717, 1.165) is 30.2 Å². The summed E-state index contributed by atoms with van der Waals surface area (Å²) in [5, 5.41) is 0.892. The molecule has 0 radical (unpaired) electrons. The molecule has 1 atom stereocenters. The van der Waals surface area contributed by atoms with Crippen molar-refractivity contribution < 1.29 is 9.53 Å². The molecule has 0 aliphatic carbocycles. The van der Waals surface area contributed by atoms with Gasteiger partial charge in [-0.25, -0.2) is 9.78 Å². The van der Waals surface area contributed by atoms with Crippen molar-refractivity contribution in [1.29, 1.82) is 0 Å². The summed E-state index contributed by atoms with van der Waals surface area (Å²) in [7, 11) is 0. The molecule has 1 aromatic heterocycles. The molecule has 0 aromatic carbocycles. The third kappa shape index (κ3) is 4.37. The lowest BCUT2D eigenvalue weighted by atomic mass is 10.2. The molecule has 1 aliphatic heterocycles. The zero-order valence-corrected chi connectivity index (χ0v) is 13.0. The Labute approximate surface area is 124 Å². The number of likely N-dealkylation sites (tertiary alicyclic amines) is 1. The van der Waals surface area contributed by atoms with E-state index in [4.69, 9.17) is 4.74 Å². The van der Waals surface area contributed by atoms with Crippen LogP contribution in [0, 0.1) is 0 Å². The minimum atomic E-state index is -0.442. The minimum Gasteiger partial charge on any atom is -0.444 e. The lowest BCUT2D eigenvalue weighted by Crippen LogP contribution is -2.40. The first kappa shape index (κ1) is 15.1. The molecule has 0 saturated carbocycles. The van der Waals surface area contributed by atoms with Gasteiger partial charge in [-0.2, -0.15) is 0 Å². The Balaban J connectivity index is 1.89. The van der Waals surface area contributed by atoms with Gasteiger partial charge in [0.2, 0.25) is 0 Å². The van der Waals surface area contributed by atoms with Crippen molar-refractivity contribution in [2.45, 2.75) is 50.3 Å². The summed E-state index contributed by atoms with van der Waals surface area (Å²) in [4.78, 5) is 22.3. The second-order valence-corrected chi connectivity index (χ2v) is 6.86. The van der Waals surface area contributed by atoms with Crippen molar-refractivity contribution in [1.82, 2.24) is 14.9 Å². The fraction of sp³-hybridized carbons (Fsp3) is 0.643. The van der Waals surface area contributed by atoms with Crippen molar-refractivity contribution in [3.8, 4) is 0 Å². The van der Waals surface area contributed by atoms with Crippen LogP contribution in [-0.2, 0) is 4.74 Å². The second kappa shape index (κ2) is 6.43. The topological polar surface area (TPSA) is 55.3 Å². The number of carbonyl (C=O) groups is 1. The molecule has 6 heteroatoms. The maximum absolute atomic E-state index is 12.1. The zero-order chi connectivity index (χ0) is 14.6. The zero-order valence-electron chi connectivity index (χ0n) is 12.2. The second-order valence-electron chi connectivity index (χ2n) is 5.82. The molecule has 1 aliphatic rings. The van der Waals surface area contributed by atoms with Gasteiger partial charge in [-0.05, 0) is 33.6 Å². The Kier molecular flexibility index (Phi) is 4.86. The normalized spacial score (nSPS) is 19.1. The predicted molar refractivity (Wildman–Crippen MR) is 78.7 cm³/mol. The molecule has 0 N–H and O–H groups in total. The van der Waals surface area contributed by atoms with E-state index in [0.29, 0.717) is 0 Å². The van der Waals surface area contributed by atoms with Gasteiger partial charge >= 0.3 is 6.09 Å². The molecule has 1 aromatic rings. The van der Waals surface area contributed by atoms with Gasteiger partial charge in [0.25, 0.3) is 0 Å². The molecule has 0 unspecified atom stereocenters. The van der Waals surface area contributed by atoms with Crippen LogP contribution in [0.1, 0.15) is 33.6 Å². The Morgan fingerprint density at radius 1 is 1.50 bits per heavy atom. The number of aromatic nitrogens is 2. The van der Waals surface area contributed by atoms with E-state index in [1.165, 1.54) is 0 Å². The molecule has 0 spiro atoms. The van der Waals surface area contributed by atoms with E-state index in [1.807, 2.05) is 25.7 Å². The van der Waals surface area contributed by atoms with Crippen LogP contribution in [0.25, 0.3) is 0 Å². The first-order chi connectivity index (χ1) is 9.46. The quantitative estimate of drug-likeness (QED) is 0.802. The fourth-order valence-corrected chi connectivity index (χ4v) is 3.09. The summed E-state index contributed by atoms with van der Waals surface area (Å²) in [5.74, 6) is 0.831. The van der Waals surface area contributed by atoms with Crippen LogP contribution in [0.5, 0.6) is 0 Å². The van der Waals surface area contributed by atoms with E-state index in [1.54, 1.807) is 30.4 Å². The number of nitrogens with zero attached hydrogens (tertiary/aromatic N) is 3. The fourth-order valence-electron chi connectivity index (χ4n) is 2.11. The summed E-state index contributed by atoms with van der Waals surface area (Å²) in [5.41, 5.74) is -0.442. The standard InChI is InChI=1S/C14H21N3O2S/c1-14(2,3)19-13(18)17-8-4-5-11(17)10-20-12-9-15-6-7-16-12/h6-7,9,11H,4-5,8,10H2,1-3H3/t11-/m1/s1. The van der Waals surface area contributed by atoms with Gasteiger partial charge in [0, 0.05) is 30.7 Å². The maximum atomic E-state index is 12.1. The Morgan fingerprint density at radius 2 is 2.30 bits per heavy atom. The summed E-state index contributed by atoms with van der Waals surface area (Å²) in [6, 6.07) is 0.219. The van der Waals surface area contributed by atoms with Gasteiger partial charge in [0.05, 0.1) is 6.20 Å². The highest BCUT2D eigenvalue weighted by Crippen LogP contribution is 2.25. The van der Waals surface area contributed by atoms with Crippen LogP contribution in [-0.4, -0.2) is 44.9 Å². The highest BCUT2D eigenvalue weighted by Gasteiger charge is 2.32.